The van der Waals surface area contributed by atoms with Crippen LogP contribution in [0.1, 0.15) is 42.9 Å². The van der Waals surface area contributed by atoms with E-state index in [0.29, 0.717) is 25.6 Å². The van der Waals surface area contributed by atoms with Crippen molar-refractivity contribution in [1.29, 1.82) is 0 Å². The van der Waals surface area contributed by atoms with Gasteiger partial charge in [0.1, 0.15) is 12.5 Å². The summed E-state index contributed by atoms with van der Waals surface area (Å²) in [6.07, 6.45) is 4.12. The van der Waals surface area contributed by atoms with Crippen LogP contribution in [0.4, 0.5) is 0 Å². The van der Waals surface area contributed by atoms with Crippen LogP contribution in [0, 0.1) is 5.92 Å². The van der Waals surface area contributed by atoms with E-state index in [-0.39, 0.29) is 12.5 Å². The minimum atomic E-state index is -3.51. The first-order chi connectivity index (χ1) is 14.6. The summed E-state index contributed by atoms with van der Waals surface area (Å²) >= 11 is 0. The van der Waals surface area contributed by atoms with E-state index in [1.807, 2.05) is 54.6 Å². The Morgan fingerprint density at radius 3 is 2.53 bits per heavy atom. The van der Waals surface area contributed by atoms with Crippen molar-refractivity contribution in [3.63, 3.8) is 0 Å². The maximum Gasteiger partial charge on any atom is 0.212 e. The molecule has 1 aliphatic carbocycles. The van der Waals surface area contributed by atoms with Crippen molar-refractivity contribution in [3.05, 3.63) is 65.7 Å². The molecule has 0 aliphatic heterocycles. The second kappa shape index (κ2) is 11.5. The Kier molecular flexibility index (Phi) is 8.69. The number of sulfonamides is 1. The van der Waals surface area contributed by atoms with Crippen molar-refractivity contribution in [2.45, 2.75) is 31.7 Å². The SMILES string of the molecule is COCOCCCS(=O)(=O)NC(c1ccccc1)c1cccc(OCC2CCC2)c1. The molecule has 0 amide bonds. The minimum Gasteiger partial charge on any atom is -0.493 e. The van der Waals surface area contributed by atoms with Crippen LogP contribution < -0.4 is 9.46 Å². The predicted molar refractivity (Wildman–Crippen MR) is 117 cm³/mol. The lowest BCUT2D eigenvalue weighted by atomic mass is 9.86. The number of rotatable bonds is 13. The van der Waals surface area contributed by atoms with E-state index in [4.69, 9.17) is 14.2 Å². The molecule has 164 valence electrons. The average molecular weight is 434 g/mol. The van der Waals surface area contributed by atoms with Crippen molar-refractivity contribution in [3.8, 4) is 5.75 Å². The number of methoxy groups -OCH3 is 1. The van der Waals surface area contributed by atoms with Crippen LogP contribution >= 0.6 is 0 Å². The van der Waals surface area contributed by atoms with Gasteiger partial charge >= 0.3 is 0 Å². The second-order valence-corrected chi connectivity index (χ2v) is 9.50. The van der Waals surface area contributed by atoms with E-state index in [1.165, 1.54) is 26.4 Å². The molecule has 7 heteroatoms. The fourth-order valence-corrected chi connectivity index (χ4v) is 4.61. The van der Waals surface area contributed by atoms with Crippen molar-refractivity contribution in [2.75, 3.05) is 32.9 Å². The van der Waals surface area contributed by atoms with Crippen LogP contribution in [0.5, 0.6) is 5.75 Å². The van der Waals surface area contributed by atoms with Crippen LogP contribution in [0.3, 0.4) is 0 Å². The number of ether oxygens (including phenoxy) is 3. The Morgan fingerprint density at radius 1 is 1.07 bits per heavy atom. The molecule has 1 unspecified atom stereocenters. The molecular weight excluding hydrogens is 402 g/mol. The third-order valence-corrected chi connectivity index (χ3v) is 6.66. The highest BCUT2D eigenvalue weighted by molar-refractivity contribution is 7.89. The van der Waals surface area contributed by atoms with E-state index in [2.05, 4.69) is 4.72 Å². The molecule has 1 N–H and O–H groups in total. The van der Waals surface area contributed by atoms with Gasteiger partial charge < -0.3 is 14.2 Å². The maximum absolute atomic E-state index is 12.7. The van der Waals surface area contributed by atoms with Crippen LogP contribution in [-0.2, 0) is 19.5 Å². The van der Waals surface area contributed by atoms with E-state index in [0.717, 1.165) is 16.9 Å². The Labute approximate surface area is 179 Å². The van der Waals surface area contributed by atoms with Crippen molar-refractivity contribution < 1.29 is 22.6 Å². The molecule has 1 fully saturated rings. The highest BCUT2D eigenvalue weighted by Crippen LogP contribution is 2.29. The van der Waals surface area contributed by atoms with Gasteiger partial charge in [0.25, 0.3) is 0 Å². The van der Waals surface area contributed by atoms with Crippen molar-refractivity contribution in [1.82, 2.24) is 4.72 Å². The normalized spacial score (nSPS) is 15.5. The molecule has 2 aromatic carbocycles. The molecule has 6 nitrogen and oxygen atoms in total. The Balaban J connectivity index is 1.71. The third-order valence-electron chi connectivity index (χ3n) is 5.24. The lowest BCUT2D eigenvalue weighted by molar-refractivity contribution is -0.0298. The molecule has 1 atom stereocenters. The zero-order valence-corrected chi connectivity index (χ0v) is 18.3. The highest BCUT2D eigenvalue weighted by atomic mass is 32.2. The molecule has 0 spiro atoms. The standard InChI is InChI=1S/C23H31NO5S/c1-27-18-28-14-7-15-30(25,26)24-23(20-10-3-2-4-11-20)21-12-6-13-22(16-21)29-17-19-8-5-9-19/h2-4,6,10-13,16,19,23-24H,5,7-9,14-15,17-18H2,1H3. The average Bonchev–Trinajstić information content (AvgIpc) is 2.72. The first kappa shape index (κ1) is 22.7. The fourth-order valence-electron chi connectivity index (χ4n) is 3.36. The number of nitrogens with one attached hydrogen (secondary N) is 1. The van der Waals surface area contributed by atoms with Gasteiger partial charge in [-0.25, -0.2) is 13.1 Å². The highest BCUT2D eigenvalue weighted by Gasteiger charge is 2.22. The molecule has 0 bridgehead atoms. The van der Waals surface area contributed by atoms with E-state index in [1.54, 1.807) is 0 Å². The molecule has 0 radical (unpaired) electrons. The number of hydrogen-bond acceptors (Lipinski definition) is 5. The van der Waals surface area contributed by atoms with E-state index in [9.17, 15) is 8.42 Å². The number of benzene rings is 2. The second-order valence-electron chi connectivity index (χ2n) is 7.63. The first-order valence-electron chi connectivity index (χ1n) is 10.4. The van der Waals surface area contributed by atoms with Crippen LogP contribution in [0.2, 0.25) is 0 Å². The summed E-state index contributed by atoms with van der Waals surface area (Å²) in [6.45, 7) is 1.20. The van der Waals surface area contributed by atoms with E-state index < -0.39 is 16.1 Å². The van der Waals surface area contributed by atoms with Gasteiger partial charge in [0, 0.05) is 7.11 Å². The van der Waals surface area contributed by atoms with Gasteiger partial charge in [0.15, 0.2) is 0 Å². The van der Waals surface area contributed by atoms with Gasteiger partial charge in [0.05, 0.1) is 25.0 Å². The Morgan fingerprint density at radius 2 is 1.83 bits per heavy atom. The summed E-state index contributed by atoms with van der Waals surface area (Å²) in [5.74, 6) is 1.39. The first-order valence-corrected chi connectivity index (χ1v) is 12.1. The zero-order valence-electron chi connectivity index (χ0n) is 17.5. The summed E-state index contributed by atoms with van der Waals surface area (Å²) in [4.78, 5) is 0. The largest absolute Gasteiger partial charge is 0.493 e. The Bertz CT molecular complexity index is 868. The quantitative estimate of drug-likeness (QED) is 0.383. The molecular formula is C23H31NO5S. The summed E-state index contributed by atoms with van der Waals surface area (Å²) in [5.41, 5.74) is 1.74. The van der Waals surface area contributed by atoms with Crippen molar-refractivity contribution >= 4 is 10.0 Å². The predicted octanol–water partition coefficient (Wildman–Crippen LogP) is 3.88. The minimum absolute atomic E-state index is 0.0160. The van der Waals surface area contributed by atoms with Gasteiger partial charge in [-0.3, -0.25) is 0 Å². The smallest absolute Gasteiger partial charge is 0.212 e. The van der Waals surface area contributed by atoms with E-state index >= 15 is 0 Å². The number of hydrogen-bond donors (Lipinski definition) is 1. The topological polar surface area (TPSA) is 73.9 Å². The third kappa shape index (κ3) is 7.09. The molecule has 2 aromatic rings. The van der Waals surface area contributed by atoms with Gasteiger partial charge in [-0.1, -0.05) is 48.9 Å². The molecule has 3 rings (SSSR count). The van der Waals surface area contributed by atoms with Crippen LogP contribution in [-0.4, -0.2) is 41.3 Å². The lowest BCUT2D eigenvalue weighted by Gasteiger charge is -2.25. The maximum atomic E-state index is 12.7. The van der Waals surface area contributed by atoms with Crippen LogP contribution in [0.15, 0.2) is 54.6 Å². The van der Waals surface area contributed by atoms with Gasteiger partial charge in [0.2, 0.25) is 10.0 Å². The molecule has 1 aliphatic rings. The summed E-state index contributed by atoms with van der Waals surface area (Å²) in [5, 5.41) is 0. The van der Waals surface area contributed by atoms with Crippen molar-refractivity contribution in [2.24, 2.45) is 5.92 Å². The summed E-state index contributed by atoms with van der Waals surface area (Å²) < 4.78 is 44.3. The fraction of sp³-hybridized carbons (Fsp3) is 0.478. The molecule has 0 aromatic heterocycles. The molecule has 0 saturated heterocycles. The molecule has 0 heterocycles. The van der Waals surface area contributed by atoms with Gasteiger partial charge in [-0.15, -0.1) is 0 Å². The molecule has 1 saturated carbocycles. The summed E-state index contributed by atoms with van der Waals surface area (Å²) in [6, 6.07) is 16.8. The zero-order chi connectivity index (χ0) is 21.2. The summed E-state index contributed by atoms with van der Waals surface area (Å²) in [7, 11) is -1.97. The molecule has 30 heavy (non-hydrogen) atoms. The van der Waals surface area contributed by atoms with Gasteiger partial charge in [-0.05, 0) is 48.4 Å². The monoisotopic (exact) mass is 433 g/mol. The Hall–Kier alpha value is -1.93. The van der Waals surface area contributed by atoms with Gasteiger partial charge in [-0.2, -0.15) is 0 Å². The lowest BCUT2D eigenvalue weighted by Crippen LogP contribution is -2.32. The van der Waals surface area contributed by atoms with Crippen LogP contribution in [0.25, 0.3) is 0 Å².